The number of hydrogen-bond acceptors (Lipinski definition) is 4. The van der Waals surface area contributed by atoms with Crippen LogP contribution < -0.4 is 16.0 Å². The molecule has 0 radical (unpaired) electrons. The van der Waals surface area contributed by atoms with Gasteiger partial charge in [0.1, 0.15) is 5.82 Å². The molecule has 1 atom stereocenters. The van der Waals surface area contributed by atoms with E-state index in [1.165, 1.54) is 13.0 Å². The molecule has 0 saturated heterocycles. The molecule has 7 heteroatoms. The summed E-state index contributed by atoms with van der Waals surface area (Å²) in [4.78, 5) is 11.5. The lowest BCUT2D eigenvalue weighted by molar-refractivity contribution is 0.292. The van der Waals surface area contributed by atoms with Crippen molar-refractivity contribution in [3.63, 3.8) is 0 Å². The minimum absolute atomic E-state index is 0. The molecule has 6 nitrogen and oxygen atoms in total. The van der Waals surface area contributed by atoms with E-state index in [1.807, 2.05) is 24.4 Å². The molecule has 1 unspecified atom stereocenters. The molecule has 0 spiro atoms. The maximum absolute atomic E-state index is 4.71. The molecule has 162 valence electrons. The van der Waals surface area contributed by atoms with Gasteiger partial charge in [0.2, 0.25) is 0 Å². The largest absolute Gasteiger partial charge is 0.370 e. The number of nitrogens with one attached hydrogen (secondary N) is 3. The normalized spacial score (nSPS) is 12.4. The number of pyridine rings is 1. The predicted molar refractivity (Wildman–Crippen MR) is 133 cm³/mol. The Hall–Kier alpha value is -1.09. The van der Waals surface area contributed by atoms with Gasteiger partial charge in [-0.05, 0) is 71.3 Å². The van der Waals surface area contributed by atoms with Gasteiger partial charge in [-0.2, -0.15) is 0 Å². The first-order valence-electron chi connectivity index (χ1n) is 10.6. The van der Waals surface area contributed by atoms with Gasteiger partial charge in [-0.1, -0.05) is 19.9 Å². The second-order valence-electron chi connectivity index (χ2n) is 6.82. The molecule has 3 N–H and O–H groups in total. The van der Waals surface area contributed by atoms with Gasteiger partial charge >= 0.3 is 0 Å². The zero-order valence-corrected chi connectivity index (χ0v) is 20.5. The molecule has 0 amide bonds. The second-order valence-corrected chi connectivity index (χ2v) is 6.82. The van der Waals surface area contributed by atoms with Gasteiger partial charge in [-0.15, -0.1) is 24.0 Å². The number of hydrogen-bond donors (Lipinski definition) is 3. The Bertz CT molecular complexity index is 493. The van der Waals surface area contributed by atoms with Crippen molar-refractivity contribution in [3.8, 4) is 0 Å². The number of rotatable bonds is 14. The first-order chi connectivity index (χ1) is 13.2. The zero-order chi connectivity index (χ0) is 19.7. The van der Waals surface area contributed by atoms with E-state index in [2.05, 4.69) is 53.5 Å². The van der Waals surface area contributed by atoms with Crippen LogP contribution in [0.3, 0.4) is 0 Å². The third-order valence-corrected chi connectivity index (χ3v) is 4.56. The van der Waals surface area contributed by atoms with Crippen molar-refractivity contribution in [1.82, 2.24) is 20.5 Å². The van der Waals surface area contributed by atoms with Crippen LogP contribution >= 0.6 is 24.0 Å². The summed E-state index contributed by atoms with van der Waals surface area (Å²) in [5.41, 5.74) is 0. The molecule has 1 heterocycles. The van der Waals surface area contributed by atoms with Crippen molar-refractivity contribution >= 4 is 35.8 Å². The first kappa shape index (κ1) is 26.9. The highest BCUT2D eigenvalue weighted by molar-refractivity contribution is 14.0. The Kier molecular flexibility index (Phi) is 17.3. The predicted octanol–water partition coefficient (Wildman–Crippen LogP) is 3.96. The number of nitrogens with zero attached hydrogens (tertiary/aromatic N) is 3. The molecule has 0 aliphatic carbocycles. The fourth-order valence-electron chi connectivity index (χ4n) is 2.90. The molecular weight excluding hydrogens is 463 g/mol. The molecule has 1 aromatic heterocycles. The SMILES string of the molecule is CCNC(=NCCCCNc1ccccn1)NC(C)CCCN(CC)CC.I. The molecular formula is C21H41IN6. The van der Waals surface area contributed by atoms with Gasteiger partial charge in [0.25, 0.3) is 0 Å². The monoisotopic (exact) mass is 504 g/mol. The smallest absolute Gasteiger partial charge is 0.191 e. The van der Waals surface area contributed by atoms with Crippen molar-refractivity contribution < 1.29 is 0 Å². The van der Waals surface area contributed by atoms with Crippen LogP contribution in [0, 0.1) is 0 Å². The lowest BCUT2D eigenvalue weighted by atomic mass is 10.2. The standard InChI is InChI=1S/C21H40N6.HI/c1-5-22-21(26-19(4)13-12-18-27(6-2)7-3)25-17-11-10-16-24-20-14-8-9-15-23-20;/h8-9,14-15,19H,5-7,10-13,16-18H2,1-4H3,(H,23,24)(H2,22,25,26);1H. The van der Waals surface area contributed by atoms with E-state index in [1.54, 1.807) is 0 Å². The van der Waals surface area contributed by atoms with Crippen LogP contribution in [0.5, 0.6) is 0 Å². The van der Waals surface area contributed by atoms with Crippen LogP contribution in [-0.4, -0.2) is 61.2 Å². The maximum atomic E-state index is 4.71. The Morgan fingerprint density at radius 1 is 1.14 bits per heavy atom. The summed E-state index contributed by atoms with van der Waals surface area (Å²) < 4.78 is 0. The van der Waals surface area contributed by atoms with Crippen LogP contribution in [0.25, 0.3) is 0 Å². The molecule has 0 saturated carbocycles. The average Bonchev–Trinajstić information content (AvgIpc) is 2.69. The van der Waals surface area contributed by atoms with Gasteiger partial charge < -0.3 is 20.9 Å². The quantitative estimate of drug-likeness (QED) is 0.155. The molecule has 1 aromatic rings. The van der Waals surface area contributed by atoms with Crippen molar-refractivity contribution in [3.05, 3.63) is 24.4 Å². The molecule has 0 bridgehead atoms. The van der Waals surface area contributed by atoms with Gasteiger partial charge in [0, 0.05) is 31.9 Å². The summed E-state index contributed by atoms with van der Waals surface area (Å²) in [5, 5.41) is 10.2. The lowest BCUT2D eigenvalue weighted by Gasteiger charge is -2.21. The third kappa shape index (κ3) is 13.1. The van der Waals surface area contributed by atoms with Crippen molar-refractivity contribution in [2.75, 3.05) is 44.6 Å². The number of aliphatic imine (C=N–C) groups is 1. The van der Waals surface area contributed by atoms with Gasteiger partial charge in [-0.25, -0.2) is 4.98 Å². The molecule has 0 aliphatic heterocycles. The van der Waals surface area contributed by atoms with E-state index in [0.29, 0.717) is 6.04 Å². The molecule has 0 aliphatic rings. The maximum Gasteiger partial charge on any atom is 0.191 e. The van der Waals surface area contributed by atoms with E-state index in [4.69, 9.17) is 4.99 Å². The van der Waals surface area contributed by atoms with E-state index in [9.17, 15) is 0 Å². The molecule has 1 rings (SSSR count). The van der Waals surface area contributed by atoms with Crippen molar-refractivity contribution in [2.45, 2.75) is 59.4 Å². The lowest BCUT2D eigenvalue weighted by Crippen LogP contribution is -2.42. The minimum atomic E-state index is 0. The Morgan fingerprint density at radius 3 is 2.57 bits per heavy atom. The summed E-state index contributed by atoms with van der Waals surface area (Å²) in [5.74, 6) is 1.88. The highest BCUT2D eigenvalue weighted by Gasteiger charge is 2.06. The Morgan fingerprint density at radius 2 is 1.93 bits per heavy atom. The summed E-state index contributed by atoms with van der Waals surface area (Å²) in [6.07, 6.45) is 6.33. The fraction of sp³-hybridized carbons (Fsp3) is 0.714. The van der Waals surface area contributed by atoms with E-state index in [-0.39, 0.29) is 24.0 Å². The zero-order valence-electron chi connectivity index (χ0n) is 18.2. The number of anilines is 1. The van der Waals surface area contributed by atoms with Gasteiger partial charge in [-0.3, -0.25) is 4.99 Å². The van der Waals surface area contributed by atoms with Crippen molar-refractivity contribution in [2.24, 2.45) is 4.99 Å². The highest BCUT2D eigenvalue weighted by atomic mass is 127. The summed E-state index contributed by atoms with van der Waals surface area (Å²) >= 11 is 0. The summed E-state index contributed by atoms with van der Waals surface area (Å²) in [7, 11) is 0. The van der Waals surface area contributed by atoms with Crippen molar-refractivity contribution in [1.29, 1.82) is 0 Å². The summed E-state index contributed by atoms with van der Waals surface area (Å²) in [6.45, 7) is 14.9. The first-order valence-corrected chi connectivity index (χ1v) is 10.6. The fourth-order valence-corrected chi connectivity index (χ4v) is 2.90. The second kappa shape index (κ2) is 18.0. The molecule has 28 heavy (non-hydrogen) atoms. The van der Waals surface area contributed by atoms with Gasteiger partial charge in [0.05, 0.1) is 0 Å². The Labute approximate surface area is 189 Å². The minimum Gasteiger partial charge on any atom is -0.370 e. The molecule has 0 fully saturated rings. The number of halogens is 1. The third-order valence-electron chi connectivity index (χ3n) is 4.56. The van der Waals surface area contributed by atoms with Crippen LogP contribution in [0.15, 0.2) is 29.4 Å². The number of guanidine groups is 1. The van der Waals surface area contributed by atoms with E-state index in [0.717, 1.165) is 63.8 Å². The number of aromatic nitrogens is 1. The van der Waals surface area contributed by atoms with Gasteiger partial charge in [0.15, 0.2) is 5.96 Å². The van der Waals surface area contributed by atoms with E-state index >= 15 is 0 Å². The average molecular weight is 505 g/mol. The summed E-state index contributed by atoms with van der Waals surface area (Å²) in [6, 6.07) is 6.35. The van der Waals surface area contributed by atoms with Crippen LogP contribution in [-0.2, 0) is 0 Å². The van der Waals surface area contributed by atoms with Crippen LogP contribution in [0.2, 0.25) is 0 Å². The van der Waals surface area contributed by atoms with E-state index < -0.39 is 0 Å². The topological polar surface area (TPSA) is 64.6 Å². The van der Waals surface area contributed by atoms with Crippen LogP contribution in [0.1, 0.15) is 53.4 Å². The number of unbranched alkanes of at least 4 members (excludes halogenated alkanes) is 1. The Balaban J connectivity index is 0.00000729. The van der Waals surface area contributed by atoms with Crippen LogP contribution in [0.4, 0.5) is 5.82 Å². The highest BCUT2D eigenvalue weighted by Crippen LogP contribution is 2.01. The molecule has 0 aromatic carbocycles.